The molecule has 3 nitrogen and oxygen atoms in total. The second-order valence-corrected chi connectivity index (χ2v) is 6.00. The van der Waals surface area contributed by atoms with E-state index in [1.807, 2.05) is 0 Å². The zero-order chi connectivity index (χ0) is 18.4. The molecule has 0 unspecified atom stereocenters. The maximum absolute atomic E-state index is 14.5. The Morgan fingerprint density at radius 2 is 1.80 bits per heavy atom. The molecule has 25 heavy (non-hydrogen) atoms. The van der Waals surface area contributed by atoms with Gasteiger partial charge in [-0.1, -0.05) is 42.5 Å². The number of amides is 1. The lowest BCUT2D eigenvalue weighted by Gasteiger charge is -2.34. The smallest absolute Gasteiger partial charge is 0.257 e. The Morgan fingerprint density at radius 3 is 2.40 bits per heavy atom. The lowest BCUT2D eigenvalue weighted by atomic mass is 9.86. The number of hydrogen-bond donors (Lipinski definition) is 2. The first-order chi connectivity index (χ1) is 11.9. The third-order valence-corrected chi connectivity index (χ3v) is 4.03. The molecule has 0 fully saturated rings. The number of hydrogen-bond acceptors (Lipinski definition) is 2. The third kappa shape index (κ3) is 4.28. The molecule has 2 rings (SSSR count). The topological polar surface area (TPSA) is 41.1 Å². The molecule has 0 aliphatic carbocycles. The Morgan fingerprint density at radius 1 is 1.20 bits per heavy atom. The van der Waals surface area contributed by atoms with Crippen LogP contribution < -0.4 is 10.6 Å². The highest BCUT2D eigenvalue weighted by Crippen LogP contribution is 2.29. The van der Waals surface area contributed by atoms with Crippen molar-refractivity contribution in [3.05, 3.63) is 84.2 Å². The summed E-state index contributed by atoms with van der Waals surface area (Å²) in [6, 6.07) is 14.2. The zero-order valence-corrected chi connectivity index (χ0v) is 14.4. The molecular weight excluding hydrogens is 342 g/mol. The average molecular weight is 360 g/mol. The highest BCUT2D eigenvalue weighted by Gasteiger charge is 2.37. The number of benzene rings is 2. The van der Waals surface area contributed by atoms with Gasteiger partial charge >= 0.3 is 0 Å². The molecule has 2 aromatic carbocycles. The van der Waals surface area contributed by atoms with Gasteiger partial charge in [-0.15, -0.1) is 6.58 Å². The fraction of sp³-hybridized carbons (Fsp3) is 0.158. The number of alkyl halides is 1. The summed E-state index contributed by atoms with van der Waals surface area (Å²) in [5.74, 6) is -1.03. The predicted octanol–water partition coefficient (Wildman–Crippen LogP) is 3.87. The van der Waals surface area contributed by atoms with Crippen LogP contribution in [0.3, 0.4) is 0 Å². The van der Waals surface area contributed by atoms with Gasteiger partial charge in [0.05, 0.1) is 5.54 Å². The van der Waals surface area contributed by atoms with E-state index in [2.05, 4.69) is 17.2 Å². The molecule has 2 atom stereocenters. The number of carbonyl (C=O) groups is 1. The minimum absolute atomic E-state index is 0.0821. The first kappa shape index (κ1) is 18.7. The Balaban J connectivity index is 2.23. The van der Waals surface area contributed by atoms with Crippen LogP contribution in [0.2, 0.25) is 0 Å². The van der Waals surface area contributed by atoms with E-state index in [0.717, 1.165) is 6.08 Å². The highest BCUT2D eigenvalue weighted by atomic mass is 32.1. The molecule has 0 saturated heterocycles. The number of rotatable bonds is 5. The first-order valence-corrected chi connectivity index (χ1v) is 7.99. The van der Waals surface area contributed by atoms with Crippen molar-refractivity contribution in [3.63, 3.8) is 0 Å². The third-order valence-electron chi connectivity index (χ3n) is 3.83. The molecule has 0 spiro atoms. The minimum atomic E-state index is -1.64. The number of nitrogens with one attached hydrogen (secondary N) is 2. The molecule has 0 aromatic heterocycles. The Labute approximate surface area is 150 Å². The van der Waals surface area contributed by atoms with Crippen molar-refractivity contribution in [2.45, 2.75) is 18.6 Å². The molecule has 6 heteroatoms. The summed E-state index contributed by atoms with van der Waals surface area (Å²) in [7, 11) is 0. The molecule has 0 radical (unpaired) electrons. The molecule has 0 aliphatic heterocycles. The zero-order valence-electron chi connectivity index (χ0n) is 13.6. The van der Waals surface area contributed by atoms with E-state index in [1.165, 1.54) is 25.1 Å². The molecule has 130 valence electrons. The number of halogens is 2. The molecule has 0 bridgehead atoms. The van der Waals surface area contributed by atoms with Gasteiger partial charge in [-0.3, -0.25) is 10.1 Å². The van der Waals surface area contributed by atoms with Crippen molar-refractivity contribution in [2.24, 2.45) is 0 Å². The van der Waals surface area contributed by atoms with Crippen LogP contribution in [0.1, 0.15) is 22.8 Å². The molecule has 1 amide bonds. The summed E-state index contributed by atoms with van der Waals surface area (Å²) in [5, 5.41) is 5.09. The minimum Gasteiger partial charge on any atom is -0.350 e. The lowest BCUT2D eigenvalue weighted by Crippen LogP contribution is -2.54. The van der Waals surface area contributed by atoms with Gasteiger partial charge in [-0.25, -0.2) is 8.78 Å². The van der Waals surface area contributed by atoms with Crippen molar-refractivity contribution in [1.82, 2.24) is 10.6 Å². The molecule has 2 N–H and O–H groups in total. The second kappa shape index (κ2) is 7.98. The normalized spacial score (nSPS) is 14.0. The Kier molecular flexibility index (Phi) is 5.98. The van der Waals surface area contributed by atoms with Gasteiger partial charge in [-0.05, 0) is 37.3 Å². The Hall–Kier alpha value is -2.60. The fourth-order valence-corrected chi connectivity index (χ4v) is 2.74. The maximum Gasteiger partial charge on any atom is 0.257 e. The van der Waals surface area contributed by atoms with Crippen molar-refractivity contribution < 1.29 is 13.6 Å². The SMILES string of the molecule is C=C[C@H](F)[C@](C)(NC(=S)NC(=O)c1ccccc1)c1ccccc1F. The summed E-state index contributed by atoms with van der Waals surface area (Å²) < 4.78 is 28.7. The largest absolute Gasteiger partial charge is 0.350 e. The van der Waals surface area contributed by atoms with Crippen molar-refractivity contribution in [3.8, 4) is 0 Å². The second-order valence-electron chi connectivity index (χ2n) is 5.59. The van der Waals surface area contributed by atoms with E-state index < -0.39 is 23.4 Å². The van der Waals surface area contributed by atoms with Gasteiger partial charge in [0.2, 0.25) is 0 Å². The molecule has 0 saturated carbocycles. The molecule has 2 aromatic rings. The maximum atomic E-state index is 14.5. The van der Waals surface area contributed by atoms with E-state index in [9.17, 15) is 13.6 Å². The summed E-state index contributed by atoms with van der Waals surface area (Å²) in [5.41, 5.74) is -1.03. The van der Waals surface area contributed by atoms with E-state index in [1.54, 1.807) is 36.4 Å². The van der Waals surface area contributed by atoms with Crippen LogP contribution in [-0.4, -0.2) is 17.2 Å². The van der Waals surface area contributed by atoms with Crippen LogP contribution in [0.4, 0.5) is 8.78 Å². The summed E-state index contributed by atoms with van der Waals surface area (Å²) >= 11 is 5.12. The van der Waals surface area contributed by atoms with Gasteiger partial charge in [0, 0.05) is 11.1 Å². The van der Waals surface area contributed by atoms with Gasteiger partial charge in [0.15, 0.2) is 5.11 Å². The lowest BCUT2D eigenvalue weighted by molar-refractivity contribution is 0.0975. The van der Waals surface area contributed by atoms with Crippen LogP contribution in [-0.2, 0) is 5.54 Å². The van der Waals surface area contributed by atoms with Gasteiger partial charge in [-0.2, -0.15) is 0 Å². The molecule has 0 heterocycles. The predicted molar refractivity (Wildman–Crippen MR) is 98.5 cm³/mol. The summed E-state index contributed by atoms with van der Waals surface area (Å²) in [6.07, 6.45) is -0.586. The van der Waals surface area contributed by atoms with Gasteiger partial charge in [0.1, 0.15) is 12.0 Å². The standard InChI is InChI=1S/C19H18F2N2OS/c1-3-16(21)19(2,14-11-7-8-12-15(14)20)23-18(25)22-17(24)13-9-5-4-6-10-13/h3-12,16H,1H2,2H3,(H2,22,23,24,25)/t16-,19+/m0/s1. The van der Waals surface area contributed by atoms with Crippen LogP contribution >= 0.6 is 12.2 Å². The van der Waals surface area contributed by atoms with Gasteiger partial charge in [0.25, 0.3) is 5.91 Å². The van der Waals surface area contributed by atoms with Crippen LogP contribution in [0.15, 0.2) is 67.3 Å². The van der Waals surface area contributed by atoms with E-state index in [0.29, 0.717) is 5.56 Å². The van der Waals surface area contributed by atoms with Crippen molar-refractivity contribution >= 4 is 23.2 Å². The number of thiocarbonyl (C=S) groups is 1. The molecule has 0 aliphatic rings. The summed E-state index contributed by atoms with van der Waals surface area (Å²) in [4.78, 5) is 12.2. The fourth-order valence-electron chi connectivity index (χ4n) is 2.43. The van der Waals surface area contributed by atoms with Crippen LogP contribution in [0.5, 0.6) is 0 Å². The number of carbonyl (C=O) groups excluding carboxylic acids is 1. The molecular formula is C19H18F2N2OS. The highest BCUT2D eigenvalue weighted by molar-refractivity contribution is 7.80. The van der Waals surface area contributed by atoms with Crippen LogP contribution in [0, 0.1) is 5.82 Å². The average Bonchev–Trinajstić information content (AvgIpc) is 2.61. The van der Waals surface area contributed by atoms with Crippen molar-refractivity contribution in [1.29, 1.82) is 0 Å². The first-order valence-electron chi connectivity index (χ1n) is 7.58. The van der Waals surface area contributed by atoms with Gasteiger partial charge < -0.3 is 5.32 Å². The quantitative estimate of drug-likeness (QED) is 0.628. The van der Waals surface area contributed by atoms with E-state index in [-0.39, 0.29) is 10.7 Å². The van der Waals surface area contributed by atoms with Crippen LogP contribution in [0.25, 0.3) is 0 Å². The Bertz CT molecular complexity index is 782. The summed E-state index contributed by atoms with van der Waals surface area (Å²) in [6.45, 7) is 4.89. The van der Waals surface area contributed by atoms with E-state index >= 15 is 0 Å². The van der Waals surface area contributed by atoms with Crippen molar-refractivity contribution in [2.75, 3.05) is 0 Å². The van der Waals surface area contributed by atoms with E-state index in [4.69, 9.17) is 12.2 Å². The monoisotopic (exact) mass is 360 g/mol.